The van der Waals surface area contributed by atoms with E-state index in [9.17, 15) is 9.59 Å². The number of nitrogens with one attached hydrogen (secondary N) is 2. The van der Waals surface area contributed by atoms with Gasteiger partial charge < -0.3 is 15.4 Å². The van der Waals surface area contributed by atoms with Crippen LogP contribution in [0.2, 0.25) is 10.0 Å². The largest absolute Gasteiger partial charge is 0.480 e. The van der Waals surface area contributed by atoms with Crippen molar-refractivity contribution < 1.29 is 14.3 Å². The molecule has 0 aliphatic heterocycles. The first-order valence-corrected chi connectivity index (χ1v) is 10.6. The molecule has 10 nitrogen and oxygen atoms in total. The van der Waals surface area contributed by atoms with Gasteiger partial charge in [-0.1, -0.05) is 23.2 Å². The van der Waals surface area contributed by atoms with Crippen molar-refractivity contribution in [1.82, 2.24) is 29.7 Å². The summed E-state index contributed by atoms with van der Waals surface area (Å²) in [4.78, 5) is 30.6. The second-order valence-corrected chi connectivity index (χ2v) is 8.07. The lowest BCUT2D eigenvalue weighted by atomic mass is 10.2. The molecule has 0 spiro atoms. The Balaban J connectivity index is 1.81. The Morgan fingerprint density at radius 2 is 1.88 bits per heavy atom. The highest BCUT2D eigenvalue weighted by atomic mass is 35.5. The van der Waals surface area contributed by atoms with Crippen LogP contribution in [0.3, 0.4) is 0 Å². The molecule has 0 aliphatic carbocycles. The molecule has 0 atom stereocenters. The Kier molecular flexibility index (Phi) is 6.21. The molecule has 2 amide bonds. The van der Waals surface area contributed by atoms with Gasteiger partial charge in [0.2, 0.25) is 5.88 Å². The zero-order chi connectivity index (χ0) is 23.7. The highest BCUT2D eigenvalue weighted by molar-refractivity contribution is 6.35. The van der Waals surface area contributed by atoms with Crippen molar-refractivity contribution in [3.63, 3.8) is 0 Å². The normalized spacial score (nSPS) is 11.1. The lowest BCUT2D eigenvalue weighted by Crippen LogP contribution is -2.33. The Bertz CT molecular complexity index is 1360. The van der Waals surface area contributed by atoms with Crippen LogP contribution in [0, 0.1) is 0 Å². The molecule has 0 saturated carbocycles. The van der Waals surface area contributed by atoms with Crippen molar-refractivity contribution in [2.24, 2.45) is 0 Å². The monoisotopic (exact) mass is 487 g/mol. The Morgan fingerprint density at radius 1 is 1.09 bits per heavy atom. The number of carbonyl (C=O) groups is 2. The zero-order valence-electron chi connectivity index (χ0n) is 17.8. The van der Waals surface area contributed by atoms with Crippen molar-refractivity contribution in [2.75, 3.05) is 12.4 Å². The van der Waals surface area contributed by atoms with Crippen molar-refractivity contribution >= 4 is 46.2 Å². The number of anilines is 1. The standard InChI is InChI=1S/C21H19Cl2N7O3/c1-11(2)26-21(32)18-17(14(23)9-12-6-8-25-29(12)18)27-20(31)15-10-16(33-3)28-30(15)19-13(22)5-4-7-24-19/h4-11H,1-3H3,(H,26,32)(H,27,31). The maximum atomic E-state index is 13.4. The molecular formula is C21H19Cl2N7O3. The van der Waals surface area contributed by atoms with Crippen LogP contribution in [-0.4, -0.2) is 49.3 Å². The summed E-state index contributed by atoms with van der Waals surface area (Å²) in [5.41, 5.74) is 0.839. The molecule has 4 aromatic heterocycles. The number of nitrogens with zero attached hydrogens (tertiary/aromatic N) is 5. The first kappa shape index (κ1) is 22.6. The van der Waals surface area contributed by atoms with Crippen LogP contribution in [0.15, 0.2) is 42.7 Å². The molecule has 0 unspecified atom stereocenters. The van der Waals surface area contributed by atoms with Crippen LogP contribution in [0.25, 0.3) is 11.3 Å². The number of hydrogen-bond acceptors (Lipinski definition) is 6. The molecule has 2 N–H and O–H groups in total. The number of methoxy groups -OCH3 is 1. The van der Waals surface area contributed by atoms with E-state index in [0.29, 0.717) is 5.52 Å². The van der Waals surface area contributed by atoms with Gasteiger partial charge >= 0.3 is 0 Å². The van der Waals surface area contributed by atoms with Crippen LogP contribution in [0.4, 0.5) is 5.69 Å². The molecule has 4 aromatic rings. The lowest BCUT2D eigenvalue weighted by molar-refractivity contribution is 0.0936. The van der Waals surface area contributed by atoms with Crippen molar-refractivity contribution in [1.29, 1.82) is 0 Å². The molecule has 4 heterocycles. The van der Waals surface area contributed by atoms with Crippen LogP contribution < -0.4 is 15.4 Å². The minimum absolute atomic E-state index is 0.0688. The van der Waals surface area contributed by atoms with E-state index < -0.39 is 11.8 Å². The highest BCUT2D eigenvalue weighted by Gasteiger charge is 2.25. The first-order valence-electron chi connectivity index (χ1n) is 9.83. The van der Waals surface area contributed by atoms with Crippen molar-refractivity contribution in [3.8, 4) is 11.7 Å². The van der Waals surface area contributed by atoms with Gasteiger partial charge in [0.05, 0.1) is 34.6 Å². The van der Waals surface area contributed by atoms with Gasteiger partial charge in [0.1, 0.15) is 5.69 Å². The predicted molar refractivity (Wildman–Crippen MR) is 124 cm³/mol. The zero-order valence-corrected chi connectivity index (χ0v) is 19.3. The second-order valence-electron chi connectivity index (χ2n) is 7.26. The van der Waals surface area contributed by atoms with E-state index >= 15 is 0 Å². The average Bonchev–Trinajstić information content (AvgIpc) is 3.40. The van der Waals surface area contributed by atoms with Gasteiger partial charge in [-0.25, -0.2) is 14.2 Å². The third-order valence-electron chi connectivity index (χ3n) is 4.58. The van der Waals surface area contributed by atoms with E-state index in [1.165, 1.54) is 34.8 Å². The van der Waals surface area contributed by atoms with E-state index in [1.54, 1.807) is 24.3 Å². The summed E-state index contributed by atoms with van der Waals surface area (Å²) in [6.07, 6.45) is 3.06. The molecule has 12 heteroatoms. The Hall–Kier alpha value is -3.63. The predicted octanol–water partition coefficient (Wildman–Crippen LogP) is 3.62. The molecule has 33 heavy (non-hydrogen) atoms. The van der Waals surface area contributed by atoms with Crippen LogP contribution >= 0.6 is 23.2 Å². The van der Waals surface area contributed by atoms with E-state index in [1.807, 2.05) is 13.8 Å². The third-order valence-corrected chi connectivity index (χ3v) is 5.17. The number of amides is 2. The van der Waals surface area contributed by atoms with E-state index in [-0.39, 0.29) is 44.9 Å². The fraction of sp³-hybridized carbons (Fsp3) is 0.190. The van der Waals surface area contributed by atoms with Gasteiger partial charge in [-0.05, 0) is 38.1 Å². The number of pyridine rings is 2. The number of rotatable bonds is 6. The molecule has 0 aliphatic rings. The van der Waals surface area contributed by atoms with Gasteiger partial charge in [-0.3, -0.25) is 9.59 Å². The summed E-state index contributed by atoms with van der Waals surface area (Å²) in [7, 11) is 1.42. The van der Waals surface area contributed by atoms with E-state index in [0.717, 1.165) is 0 Å². The van der Waals surface area contributed by atoms with Crippen LogP contribution in [0.1, 0.15) is 34.8 Å². The van der Waals surface area contributed by atoms with Gasteiger partial charge in [-0.2, -0.15) is 5.10 Å². The van der Waals surface area contributed by atoms with E-state index in [4.69, 9.17) is 27.9 Å². The molecular weight excluding hydrogens is 469 g/mol. The lowest BCUT2D eigenvalue weighted by Gasteiger charge is -2.16. The van der Waals surface area contributed by atoms with Gasteiger partial charge in [0, 0.05) is 18.3 Å². The van der Waals surface area contributed by atoms with Crippen molar-refractivity contribution in [3.05, 3.63) is 64.2 Å². The second kappa shape index (κ2) is 9.08. The highest BCUT2D eigenvalue weighted by Crippen LogP contribution is 2.30. The smallest absolute Gasteiger partial charge is 0.274 e. The molecule has 170 valence electrons. The number of halogens is 2. The average molecular weight is 488 g/mol. The molecule has 0 aromatic carbocycles. The fourth-order valence-corrected chi connectivity index (χ4v) is 3.63. The number of aromatic nitrogens is 5. The summed E-state index contributed by atoms with van der Waals surface area (Å²) in [6.45, 7) is 3.64. The molecule has 0 saturated heterocycles. The molecule has 4 rings (SSSR count). The SMILES string of the molecule is COc1cc(C(=O)Nc2c(Cl)cc3ccnn3c2C(=O)NC(C)C)n(-c2ncccc2Cl)n1. The minimum atomic E-state index is -0.612. The number of hydrogen-bond donors (Lipinski definition) is 2. The maximum Gasteiger partial charge on any atom is 0.274 e. The summed E-state index contributed by atoms with van der Waals surface area (Å²) in [5.74, 6) is -0.651. The maximum absolute atomic E-state index is 13.4. The number of fused-ring (bicyclic) bond motifs is 1. The van der Waals surface area contributed by atoms with Crippen LogP contribution in [0.5, 0.6) is 5.88 Å². The third kappa shape index (κ3) is 4.35. The summed E-state index contributed by atoms with van der Waals surface area (Å²) >= 11 is 12.7. The molecule has 0 radical (unpaired) electrons. The summed E-state index contributed by atoms with van der Waals surface area (Å²) in [5, 5.41) is 14.4. The van der Waals surface area contributed by atoms with E-state index in [2.05, 4.69) is 25.8 Å². The summed E-state index contributed by atoms with van der Waals surface area (Å²) in [6, 6.07) is 7.86. The summed E-state index contributed by atoms with van der Waals surface area (Å²) < 4.78 is 7.85. The minimum Gasteiger partial charge on any atom is -0.480 e. The molecule has 0 fully saturated rings. The fourth-order valence-electron chi connectivity index (χ4n) is 3.18. The Labute approximate surface area is 198 Å². The number of ether oxygens (including phenoxy) is 1. The van der Waals surface area contributed by atoms with Gasteiger partial charge in [0.15, 0.2) is 11.5 Å². The van der Waals surface area contributed by atoms with Crippen LogP contribution in [-0.2, 0) is 0 Å². The topological polar surface area (TPSA) is 115 Å². The molecule has 0 bridgehead atoms. The quantitative estimate of drug-likeness (QED) is 0.429. The first-order chi connectivity index (χ1) is 15.8. The van der Waals surface area contributed by atoms with Crippen molar-refractivity contribution in [2.45, 2.75) is 19.9 Å². The van der Waals surface area contributed by atoms with Gasteiger partial charge in [-0.15, -0.1) is 5.10 Å². The van der Waals surface area contributed by atoms with Gasteiger partial charge in [0.25, 0.3) is 11.8 Å². The number of carbonyl (C=O) groups excluding carboxylic acids is 2. The Morgan fingerprint density at radius 3 is 2.58 bits per heavy atom.